The quantitative estimate of drug-likeness (QED) is 0.324. The zero-order valence-corrected chi connectivity index (χ0v) is 18.3. The molecule has 0 unspecified atom stereocenters. The first kappa shape index (κ1) is 21.5. The number of anilines is 2. The van der Waals surface area contributed by atoms with Gasteiger partial charge in [-0.05, 0) is 43.3 Å². The summed E-state index contributed by atoms with van der Waals surface area (Å²) in [5, 5.41) is 13.0. The first-order valence-electron chi connectivity index (χ1n) is 10.8. The van der Waals surface area contributed by atoms with Crippen molar-refractivity contribution in [1.29, 1.82) is 0 Å². The summed E-state index contributed by atoms with van der Waals surface area (Å²) in [5.74, 6) is -1.59. The second-order valence-corrected chi connectivity index (χ2v) is 8.23. The summed E-state index contributed by atoms with van der Waals surface area (Å²) >= 11 is 0. The zero-order chi connectivity index (χ0) is 23.8. The Kier molecular flexibility index (Phi) is 5.43. The maximum atomic E-state index is 13.5. The van der Waals surface area contributed by atoms with Crippen LogP contribution in [0.25, 0.3) is 6.08 Å². The standard InChI is InChI=1S/C26H21N3O5/c1-17-11-14-19(15-12-17)27-25(30)23-22(16-13-18-7-5-6-10-21(18)29(32)33)28(34-24(23)26(27)31)20-8-3-2-4-9-20/h2-16,22-24H,1H3/b16-13+/t22-,23+,24-/m1/s1. The Morgan fingerprint density at radius 2 is 1.56 bits per heavy atom. The number of hydrogen-bond donors (Lipinski definition) is 0. The van der Waals surface area contributed by atoms with Gasteiger partial charge in [0.15, 0.2) is 6.10 Å². The van der Waals surface area contributed by atoms with Gasteiger partial charge in [0.1, 0.15) is 5.92 Å². The molecule has 0 bridgehead atoms. The predicted molar refractivity (Wildman–Crippen MR) is 127 cm³/mol. The number of nitro benzene ring substituents is 1. The fraction of sp³-hybridized carbons (Fsp3) is 0.154. The first-order valence-corrected chi connectivity index (χ1v) is 10.8. The number of rotatable bonds is 5. The van der Waals surface area contributed by atoms with Crippen molar-refractivity contribution in [2.75, 3.05) is 9.96 Å². The summed E-state index contributed by atoms with van der Waals surface area (Å²) in [6.07, 6.45) is 2.31. The maximum Gasteiger partial charge on any atom is 0.276 e. The van der Waals surface area contributed by atoms with Crippen molar-refractivity contribution in [1.82, 2.24) is 0 Å². The molecule has 3 atom stereocenters. The van der Waals surface area contributed by atoms with Crippen molar-refractivity contribution in [3.05, 3.63) is 106 Å². The number of carbonyl (C=O) groups excluding carboxylic acids is 2. The van der Waals surface area contributed by atoms with Crippen LogP contribution in [-0.4, -0.2) is 28.9 Å². The largest absolute Gasteiger partial charge is 0.276 e. The van der Waals surface area contributed by atoms with E-state index in [0.717, 1.165) is 5.56 Å². The summed E-state index contributed by atoms with van der Waals surface area (Å²) in [5.41, 5.74) is 2.54. The van der Waals surface area contributed by atoms with E-state index in [0.29, 0.717) is 16.9 Å². The highest BCUT2D eigenvalue weighted by atomic mass is 16.7. The molecule has 0 aromatic heterocycles. The molecular formula is C26H21N3O5. The number of aryl methyl sites for hydroxylation is 1. The van der Waals surface area contributed by atoms with Gasteiger partial charge in [-0.1, -0.05) is 54.1 Å². The van der Waals surface area contributed by atoms with Crippen LogP contribution in [-0.2, 0) is 14.4 Å². The van der Waals surface area contributed by atoms with E-state index < -0.39 is 28.9 Å². The Hall–Kier alpha value is -4.30. The lowest BCUT2D eigenvalue weighted by Gasteiger charge is -2.26. The van der Waals surface area contributed by atoms with E-state index in [-0.39, 0.29) is 11.6 Å². The molecule has 0 radical (unpaired) electrons. The number of fused-ring (bicyclic) bond motifs is 1. The third-order valence-electron chi connectivity index (χ3n) is 6.07. The SMILES string of the molecule is Cc1ccc(N2C(=O)[C@H]3[C@@H](/C=C/c4ccccc4[N+](=O)[O-])N(c4ccccc4)O[C@H]3C2=O)cc1. The normalized spacial score (nSPS) is 22.0. The van der Waals surface area contributed by atoms with Crippen LogP contribution in [0.2, 0.25) is 0 Å². The summed E-state index contributed by atoms with van der Waals surface area (Å²) in [4.78, 5) is 45.0. The molecule has 0 aliphatic carbocycles. The average molecular weight is 455 g/mol. The van der Waals surface area contributed by atoms with E-state index in [9.17, 15) is 19.7 Å². The zero-order valence-electron chi connectivity index (χ0n) is 18.3. The van der Waals surface area contributed by atoms with Crippen molar-refractivity contribution < 1.29 is 19.3 Å². The van der Waals surface area contributed by atoms with Crippen molar-refractivity contribution in [3.63, 3.8) is 0 Å². The highest BCUT2D eigenvalue weighted by molar-refractivity contribution is 6.24. The Balaban J connectivity index is 1.54. The minimum absolute atomic E-state index is 0.0458. The highest BCUT2D eigenvalue weighted by Gasteiger charge is 2.59. The maximum absolute atomic E-state index is 13.5. The summed E-state index contributed by atoms with van der Waals surface area (Å²) in [6, 6.07) is 22.0. The number of imide groups is 1. The van der Waals surface area contributed by atoms with Crippen LogP contribution in [0.15, 0.2) is 84.9 Å². The molecular weight excluding hydrogens is 434 g/mol. The molecule has 0 spiro atoms. The molecule has 2 fully saturated rings. The minimum Gasteiger partial charge on any atom is -0.273 e. The van der Waals surface area contributed by atoms with Gasteiger partial charge in [0, 0.05) is 6.07 Å². The van der Waals surface area contributed by atoms with Gasteiger partial charge in [0.05, 0.1) is 27.9 Å². The third-order valence-corrected chi connectivity index (χ3v) is 6.07. The molecule has 0 N–H and O–H groups in total. The van der Waals surface area contributed by atoms with Gasteiger partial charge in [-0.25, -0.2) is 9.96 Å². The Bertz CT molecular complexity index is 1290. The molecule has 2 amide bonds. The van der Waals surface area contributed by atoms with Crippen LogP contribution < -0.4 is 9.96 Å². The van der Waals surface area contributed by atoms with Gasteiger partial charge in [0.25, 0.3) is 11.6 Å². The number of hydrogen-bond acceptors (Lipinski definition) is 6. The second-order valence-electron chi connectivity index (χ2n) is 8.23. The lowest BCUT2D eigenvalue weighted by atomic mass is 9.95. The van der Waals surface area contributed by atoms with Crippen molar-refractivity contribution in [2.24, 2.45) is 5.92 Å². The Labute approximate surface area is 195 Å². The number of hydroxylamine groups is 1. The van der Waals surface area contributed by atoms with E-state index in [4.69, 9.17) is 4.84 Å². The molecule has 8 heteroatoms. The molecule has 2 aliphatic rings. The molecule has 34 heavy (non-hydrogen) atoms. The number of benzene rings is 3. The van der Waals surface area contributed by atoms with Crippen molar-refractivity contribution in [3.8, 4) is 0 Å². The topological polar surface area (TPSA) is 93.0 Å². The van der Waals surface area contributed by atoms with Gasteiger partial charge in [-0.15, -0.1) is 0 Å². The average Bonchev–Trinajstić information content (AvgIpc) is 3.34. The van der Waals surface area contributed by atoms with Crippen molar-refractivity contribution in [2.45, 2.75) is 19.1 Å². The monoisotopic (exact) mass is 455 g/mol. The number of para-hydroxylation sites is 2. The van der Waals surface area contributed by atoms with Gasteiger partial charge < -0.3 is 0 Å². The molecule has 2 aliphatic heterocycles. The molecule has 2 heterocycles. The lowest BCUT2D eigenvalue weighted by molar-refractivity contribution is -0.385. The third kappa shape index (κ3) is 3.64. The first-order chi connectivity index (χ1) is 16.5. The van der Waals surface area contributed by atoms with Gasteiger partial charge in [-0.2, -0.15) is 0 Å². The highest BCUT2D eigenvalue weighted by Crippen LogP contribution is 2.41. The minimum atomic E-state index is -0.991. The summed E-state index contributed by atoms with van der Waals surface area (Å²) in [7, 11) is 0. The fourth-order valence-electron chi connectivity index (χ4n) is 4.39. The van der Waals surface area contributed by atoms with Crippen LogP contribution in [0.5, 0.6) is 0 Å². The van der Waals surface area contributed by atoms with Gasteiger partial charge in [-0.3, -0.25) is 24.5 Å². The van der Waals surface area contributed by atoms with Crippen LogP contribution >= 0.6 is 0 Å². The number of nitro groups is 1. The Morgan fingerprint density at radius 1 is 0.882 bits per heavy atom. The number of nitrogens with zero attached hydrogens (tertiary/aromatic N) is 3. The molecule has 3 aromatic carbocycles. The van der Waals surface area contributed by atoms with E-state index in [1.165, 1.54) is 11.0 Å². The van der Waals surface area contributed by atoms with Crippen LogP contribution in [0, 0.1) is 23.0 Å². The number of carbonyl (C=O) groups is 2. The van der Waals surface area contributed by atoms with Gasteiger partial charge in [0.2, 0.25) is 5.91 Å². The number of amides is 2. The van der Waals surface area contributed by atoms with E-state index in [2.05, 4.69) is 0 Å². The summed E-state index contributed by atoms with van der Waals surface area (Å²) in [6.45, 7) is 1.93. The summed E-state index contributed by atoms with van der Waals surface area (Å²) < 4.78 is 0. The molecule has 5 rings (SSSR count). The molecule has 170 valence electrons. The van der Waals surface area contributed by atoms with Crippen LogP contribution in [0.4, 0.5) is 17.1 Å². The molecule has 2 saturated heterocycles. The second kappa shape index (κ2) is 8.57. The van der Waals surface area contributed by atoms with Gasteiger partial charge >= 0.3 is 0 Å². The smallest absolute Gasteiger partial charge is 0.273 e. The van der Waals surface area contributed by atoms with Crippen molar-refractivity contribution >= 4 is 35.0 Å². The lowest BCUT2D eigenvalue weighted by Crippen LogP contribution is -2.39. The van der Waals surface area contributed by atoms with E-state index >= 15 is 0 Å². The van der Waals surface area contributed by atoms with Crippen LogP contribution in [0.1, 0.15) is 11.1 Å². The van der Waals surface area contributed by atoms with E-state index in [1.807, 2.05) is 49.4 Å². The van der Waals surface area contributed by atoms with E-state index in [1.54, 1.807) is 47.5 Å². The Morgan fingerprint density at radius 3 is 2.26 bits per heavy atom. The predicted octanol–water partition coefficient (Wildman–Crippen LogP) is 4.30. The molecule has 0 saturated carbocycles. The van der Waals surface area contributed by atoms with Crippen LogP contribution in [0.3, 0.4) is 0 Å². The fourth-order valence-corrected chi connectivity index (χ4v) is 4.39. The molecule has 3 aromatic rings. The molecule has 8 nitrogen and oxygen atoms in total.